The number of rotatable bonds is 5. The van der Waals surface area contributed by atoms with Gasteiger partial charge in [0.05, 0.1) is 12.8 Å². The van der Waals surface area contributed by atoms with Gasteiger partial charge in [-0.25, -0.2) is 4.39 Å². The number of halogens is 1. The summed E-state index contributed by atoms with van der Waals surface area (Å²) in [5.41, 5.74) is 7.94. The second kappa shape index (κ2) is 6.26. The maximum absolute atomic E-state index is 13.7. The van der Waals surface area contributed by atoms with Gasteiger partial charge in [0.15, 0.2) is 0 Å². The molecule has 2 aromatic carbocycles. The first kappa shape index (κ1) is 14.8. The second-order valence-corrected chi connectivity index (χ2v) is 4.70. The van der Waals surface area contributed by atoms with Gasteiger partial charge in [-0.15, -0.1) is 0 Å². The molecule has 21 heavy (non-hydrogen) atoms. The van der Waals surface area contributed by atoms with Crippen molar-refractivity contribution in [2.75, 3.05) is 12.4 Å². The predicted octanol–water partition coefficient (Wildman–Crippen LogP) is 2.85. The molecule has 0 aromatic heterocycles. The largest absolute Gasteiger partial charge is 0.497 e. The van der Waals surface area contributed by atoms with Crippen molar-refractivity contribution in [2.24, 2.45) is 5.73 Å². The number of hydrogen-bond acceptors (Lipinski definition) is 3. The zero-order chi connectivity index (χ0) is 15.4. The molecule has 0 heterocycles. The van der Waals surface area contributed by atoms with Crippen LogP contribution >= 0.6 is 0 Å². The highest BCUT2D eigenvalue weighted by molar-refractivity contribution is 5.93. The van der Waals surface area contributed by atoms with Crippen molar-refractivity contribution in [3.05, 3.63) is 58.9 Å². The number of anilines is 1. The van der Waals surface area contributed by atoms with Gasteiger partial charge in [0, 0.05) is 18.2 Å². The van der Waals surface area contributed by atoms with Crippen LogP contribution in [-0.2, 0) is 6.54 Å². The quantitative estimate of drug-likeness (QED) is 0.889. The number of aryl methyl sites for hydroxylation is 1. The topological polar surface area (TPSA) is 64.3 Å². The molecule has 0 atom stereocenters. The summed E-state index contributed by atoms with van der Waals surface area (Å²) < 4.78 is 18.8. The van der Waals surface area contributed by atoms with Gasteiger partial charge in [0.2, 0.25) is 5.91 Å². The molecule has 0 bridgehead atoms. The van der Waals surface area contributed by atoms with E-state index in [9.17, 15) is 9.18 Å². The van der Waals surface area contributed by atoms with Crippen molar-refractivity contribution >= 4 is 11.6 Å². The van der Waals surface area contributed by atoms with Gasteiger partial charge in [0.25, 0.3) is 0 Å². The van der Waals surface area contributed by atoms with Gasteiger partial charge in [0.1, 0.15) is 11.6 Å². The molecule has 0 fully saturated rings. The summed E-state index contributed by atoms with van der Waals surface area (Å²) in [5.74, 6) is -0.224. The molecule has 0 spiro atoms. The van der Waals surface area contributed by atoms with Crippen LogP contribution in [0.15, 0.2) is 36.4 Å². The van der Waals surface area contributed by atoms with Crippen LogP contribution < -0.4 is 15.8 Å². The summed E-state index contributed by atoms with van der Waals surface area (Å²) in [5, 5.41) is 3.02. The van der Waals surface area contributed by atoms with E-state index < -0.39 is 5.91 Å². The SMILES string of the molecule is COc1ccc(F)c(NCc2ccc(C(N)=O)cc2C)c1. The predicted molar refractivity (Wildman–Crippen MR) is 80.0 cm³/mol. The minimum absolute atomic E-state index is 0.345. The first-order valence-electron chi connectivity index (χ1n) is 6.48. The van der Waals surface area contributed by atoms with E-state index in [1.54, 1.807) is 30.3 Å². The molecule has 0 saturated heterocycles. The molecule has 110 valence electrons. The fourth-order valence-corrected chi connectivity index (χ4v) is 2.00. The molecule has 0 aliphatic carbocycles. The summed E-state index contributed by atoms with van der Waals surface area (Å²) in [6.45, 7) is 2.32. The molecule has 0 saturated carbocycles. The maximum atomic E-state index is 13.7. The third kappa shape index (κ3) is 3.51. The summed E-state index contributed by atoms with van der Waals surface area (Å²) in [6, 6.07) is 9.70. The minimum atomic E-state index is -0.462. The van der Waals surface area contributed by atoms with Gasteiger partial charge >= 0.3 is 0 Å². The van der Waals surface area contributed by atoms with Gasteiger partial charge < -0.3 is 15.8 Å². The molecule has 0 aliphatic heterocycles. The molecule has 2 rings (SSSR count). The molecule has 4 nitrogen and oxygen atoms in total. The summed E-state index contributed by atoms with van der Waals surface area (Å²) in [6.07, 6.45) is 0. The molecule has 5 heteroatoms. The van der Waals surface area contributed by atoms with Crippen LogP contribution in [0.25, 0.3) is 0 Å². The summed E-state index contributed by atoms with van der Waals surface area (Å²) in [4.78, 5) is 11.1. The first-order valence-corrected chi connectivity index (χ1v) is 6.48. The third-order valence-corrected chi connectivity index (χ3v) is 3.27. The lowest BCUT2D eigenvalue weighted by Crippen LogP contribution is -2.12. The highest BCUT2D eigenvalue weighted by atomic mass is 19.1. The van der Waals surface area contributed by atoms with Crippen molar-refractivity contribution in [3.8, 4) is 5.75 Å². The number of ether oxygens (including phenoxy) is 1. The lowest BCUT2D eigenvalue weighted by molar-refractivity contribution is 0.1000. The number of benzene rings is 2. The van der Waals surface area contributed by atoms with E-state index in [0.29, 0.717) is 23.5 Å². The number of carbonyl (C=O) groups excluding carboxylic acids is 1. The van der Waals surface area contributed by atoms with E-state index in [1.165, 1.54) is 13.2 Å². The molecule has 0 aliphatic rings. The fourth-order valence-electron chi connectivity index (χ4n) is 2.00. The molecule has 2 aromatic rings. The summed E-state index contributed by atoms with van der Waals surface area (Å²) in [7, 11) is 1.53. The Morgan fingerprint density at radius 3 is 2.67 bits per heavy atom. The standard InChI is InChI=1S/C16H17FN2O2/c1-10-7-11(16(18)20)3-4-12(10)9-19-15-8-13(21-2)5-6-14(15)17/h3-8,19H,9H2,1-2H3,(H2,18,20). The van der Waals surface area contributed by atoms with E-state index in [-0.39, 0.29) is 5.82 Å². The second-order valence-electron chi connectivity index (χ2n) is 4.70. The first-order chi connectivity index (χ1) is 10.0. The van der Waals surface area contributed by atoms with Crippen molar-refractivity contribution in [1.82, 2.24) is 0 Å². The molecular weight excluding hydrogens is 271 g/mol. The highest BCUT2D eigenvalue weighted by Gasteiger charge is 2.07. The van der Waals surface area contributed by atoms with Gasteiger partial charge in [-0.2, -0.15) is 0 Å². The van der Waals surface area contributed by atoms with Crippen LogP contribution in [-0.4, -0.2) is 13.0 Å². The number of carbonyl (C=O) groups is 1. The Kier molecular flexibility index (Phi) is 4.42. The smallest absolute Gasteiger partial charge is 0.248 e. The van der Waals surface area contributed by atoms with Crippen LogP contribution in [0.4, 0.5) is 10.1 Å². The average molecular weight is 288 g/mol. The van der Waals surface area contributed by atoms with Crippen LogP contribution in [0.2, 0.25) is 0 Å². The third-order valence-electron chi connectivity index (χ3n) is 3.27. The zero-order valence-electron chi connectivity index (χ0n) is 11.9. The van der Waals surface area contributed by atoms with Crippen molar-refractivity contribution in [1.29, 1.82) is 0 Å². The Morgan fingerprint density at radius 1 is 1.29 bits per heavy atom. The van der Waals surface area contributed by atoms with Gasteiger partial charge in [-0.1, -0.05) is 6.07 Å². The molecule has 3 N–H and O–H groups in total. The maximum Gasteiger partial charge on any atom is 0.248 e. The number of primary amides is 1. The van der Waals surface area contributed by atoms with E-state index in [2.05, 4.69) is 5.32 Å². The Labute approximate surface area is 122 Å². The van der Waals surface area contributed by atoms with E-state index in [4.69, 9.17) is 10.5 Å². The monoisotopic (exact) mass is 288 g/mol. The lowest BCUT2D eigenvalue weighted by Gasteiger charge is -2.11. The van der Waals surface area contributed by atoms with Gasteiger partial charge in [-0.05, 0) is 42.3 Å². The van der Waals surface area contributed by atoms with Crippen LogP contribution in [0.3, 0.4) is 0 Å². The minimum Gasteiger partial charge on any atom is -0.497 e. The number of nitrogens with two attached hydrogens (primary N) is 1. The highest BCUT2D eigenvalue weighted by Crippen LogP contribution is 2.22. The average Bonchev–Trinajstić information content (AvgIpc) is 2.47. The van der Waals surface area contributed by atoms with E-state index >= 15 is 0 Å². The van der Waals surface area contributed by atoms with Crippen LogP contribution in [0.1, 0.15) is 21.5 Å². The molecule has 0 radical (unpaired) electrons. The van der Waals surface area contributed by atoms with Crippen LogP contribution in [0.5, 0.6) is 5.75 Å². The van der Waals surface area contributed by atoms with Crippen LogP contribution in [0, 0.1) is 12.7 Å². The van der Waals surface area contributed by atoms with Crippen molar-refractivity contribution < 1.29 is 13.9 Å². The number of nitrogens with one attached hydrogen (secondary N) is 1. The Balaban J connectivity index is 2.15. The number of amides is 1. The fraction of sp³-hybridized carbons (Fsp3) is 0.188. The summed E-state index contributed by atoms with van der Waals surface area (Å²) >= 11 is 0. The Hall–Kier alpha value is -2.56. The normalized spacial score (nSPS) is 10.2. The number of hydrogen-bond donors (Lipinski definition) is 2. The molecule has 0 unspecified atom stereocenters. The molecular formula is C16H17FN2O2. The van der Waals surface area contributed by atoms with Gasteiger partial charge in [-0.3, -0.25) is 4.79 Å². The zero-order valence-corrected chi connectivity index (χ0v) is 11.9. The van der Waals surface area contributed by atoms with E-state index in [1.807, 2.05) is 6.92 Å². The van der Waals surface area contributed by atoms with E-state index in [0.717, 1.165) is 11.1 Å². The van der Waals surface area contributed by atoms with Crippen molar-refractivity contribution in [2.45, 2.75) is 13.5 Å². The molecule has 1 amide bonds. The Morgan fingerprint density at radius 2 is 2.05 bits per heavy atom. The number of methoxy groups -OCH3 is 1. The van der Waals surface area contributed by atoms with Crippen molar-refractivity contribution in [3.63, 3.8) is 0 Å². The lowest BCUT2D eigenvalue weighted by atomic mass is 10.0. The Bertz CT molecular complexity index is 671.